The first-order valence-corrected chi connectivity index (χ1v) is 9.87. The molecule has 144 valence electrons. The number of benzene rings is 1. The molecule has 2 heterocycles. The van der Waals surface area contributed by atoms with Gasteiger partial charge in [0.15, 0.2) is 11.0 Å². The quantitative estimate of drug-likeness (QED) is 0.480. The van der Waals surface area contributed by atoms with E-state index in [0.29, 0.717) is 11.7 Å². The van der Waals surface area contributed by atoms with E-state index in [-0.39, 0.29) is 11.2 Å². The third kappa shape index (κ3) is 4.48. The Hall–Kier alpha value is -2.93. The zero-order valence-electron chi connectivity index (χ0n) is 16.2. The summed E-state index contributed by atoms with van der Waals surface area (Å²) in [6.07, 6.45) is 5.22. The van der Waals surface area contributed by atoms with Crippen LogP contribution < -0.4 is 5.32 Å². The number of aryl methyl sites for hydroxylation is 2. The minimum absolute atomic E-state index is 0.0735. The van der Waals surface area contributed by atoms with Gasteiger partial charge in [-0.15, -0.1) is 16.8 Å². The highest BCUT2D eigenvalue weighted by molar-refractivity contribution is 8.00. The first-order chi connectivity index (χ1) is 13.5. The fraction of sp³-hybridized carbons (Fsp3) is 0.238. The molecule has 2 aromatic heterocycles. The third-order valence-corrected chi connectivity index (χ3v) is 5.34. The molecule has 1 unspecified atom stereocenters. The van der Waals surface area contributed by atoms with E-state index in [9.17, 15) is 4.79 Å². The number of carbonyl (C=O) groups excluding carboxylic acids is 1. The second-order valence-electron chi connectivity index (χ2n) is 6.51. The van der Waals surface area contributed by atoms with Crippen LogP contribution in [0.3, 0.4) is 0 Å². The number of pyridine rings is 1. The Morgan fingerprint density at radius 3 is 2.68 bits per heavy atom. The highest BCUT2D eigenvalue weighted by Crippen LogP contribution is 2.27. The molecule has 1 aromatic carbocycles. The van der Waals surface area contributed by atoms with Crippen LogP contribution in [-0.2, 0) is 11.3 Å². The number of hydrogen-bond donors (Lipinski definition) is 1. The number of carbonyl (C=O) groups is 1. The summed E-state index contributed by atoms with van der Waals surface area (Å²) < 4.78 is 1.95. The predicted molar refractivity (Wildman–Crippen MR) is 113 cm³/mol. The van der Waals surface area contributed by atoms with Crippen molar-refractivity contribution in [1.29, 1.82) is 0 Å². The van der Waals surface area contributed by atoms with Gasteiger partial charge >= 0.3 is 0 Å². The van der Waals surface area contributed by atoms with Crippen LogP contribution in [0.4, 0.5) is 5.69 Å². The number of rotatable bonds is 7. The third-order valence-electron chi connectivity index (χ3n) is 4.26. The van der Waals surface area contributed by atoms with E-state index in [1.165, 1.54) is 17.3 Å². The van der Waals surface area contributed by atoms with Gasteiger partial charge in [-0.25, -0.2) is 0 Å². The maximum atomic E-state index is 12.7. The summed E-state index contributed by atoms with van der Waals surface area (Å²) in [5, 5.41) is 12.0. The molecule has 0 aliphatic heterocycles. The Labute approximate surface area is 169 Å². The van der Waals surface area contributed by atoms with E-state index >= 15 is 0 Å². The summed E-state index contributed by atoms with van der Waals surface area (Å²) in [7, 11) is 0. The SMILES string of the molecule is C=CCn1c(SC(C)C(=O)Nc2ccc(C)cc2C)nnc1-c1ccncc1. The monoisotopic (exact) mass is 393 g/mol. The van der Waals surface area contributed by atoms with E-state index in [2.05, 4.69) is 33.1 Å². The summed E-state index contributed by atoms with van der Waals surface area (Å²) in [6, 6.07) is 9.74. The number of anilines is 1. The van der Waals surface area contributed by atoms with Crippen LogP contribution in [0, 0.1) is 13.8 Å². The average molecular weight is 394 g/mol. The molecule has 0 aliphatic carbocycles. The fourth-order valence-electron chi connectivity index (χ4n) is 2.78. The Kier molecular flexibility index (Phi) is 6.26. The standard InChI is InChI=1S/C21H23N5OS/c1-5-12-26-19(17-8-10-22-11-9-17)24-25-21(26)28-16(4)20(27)23-18-7-6-14(2)13-15(18)3/h5-11,13,16H,1,12H2,2-4H3,(H,23,27). The van der Waals surface area contributed by atoms with Gasteiger partial charge in [0, 0.05) is 30.2 Å². The summed E-state index contributed by atoms with van der Waals surface area (Å²) in [5.74, 6) is 0.655. The maximum Gasteiger partial charge on any atom is 0.237 e. The van der Waals surface area contributed by atoms with Crippen LogP contribution >= 0.6 is 11.8 Å². The van der Waals surface area contributed by atoms with Crippen LogP contribution in [0.2, 0.25) is 0 Å². The number of amides is 1. The van der Waals surface area contributed by atoms with Gasteiger partial charge in [-0.3, -0.25) is 14.3 Å². The molecule has 1 atom stereocenters. The molecule has 0 spiro atoms. The lowest BCUT2D eigenvalue weighted by Crippen LogP contribution is -2.23. The summed E-state index contributed by atoms with van der Waals surface area (Å²) >= 11 is 1.38. The smallest absolute Gasteiger partial charge is 0.237 e. The summed E-state index contributed by atoms with van der Waals surface area (Å²) in [6.45, 7) is 10.3. The van der Waals surface area contributed by atoms with Gasteiger partial charge in [-0.1, -0.05) is 35.5 Å². The van der Waals surface area contributed by atoms with Gasteiger partial charge in [-0.2, -0.15) is 0 Å². The Balaban J connectivity index is 1.78. The first-order valence-electron chi connectivity index (χ1n) is 8.99. The largest absolute Gasteiger partial charge is 0.325 e. The maximum absolute atomic E-state index is 12.7. The van der Waals surface area contributed by atoms with Gasteiger partial charge in [0.1, 0.15) is 0 Å². The first kappa shape index (κ1) is 19.8. The Bertz CT molecular complexity index is 984. The van der Waals surface area contributed by atoms with Crippen LogP contribution in [0.25, 0.3) is 11.4 Å². The number of aromatic nitrogens is 4. The molecule has 0 saturated carbocycles. The number of allylic oxidation sites excluding steroid dienone is 1. The molecule has 7 heteroatoms. The molecular weight excluding hydrogens is 370 g/mol. The van der Waals surface area contributed by atoms with Gasteiger partial charge < -0.3 is 5.32 Å². The normalized spacial score (nSPS) is 11.8. The van der Waals surface area contributed by atoms with Gasteiger partial charge in [-0.05, 0) is 44.5 Å². The van der Waals surface area contributed by atoms with Crippen molar-refractivity contribution in [2.75, 3.05) is 5.32 Å². The topological polar surface area (TPSA) is 72.7 Å². The number of thioether (sulfide) groups is 1. The molecule has 0 fully saturated rings. The average Bonchev–Trinajstić information content (AvgIpc) is 3.07. The van der Waals surface area contributed by atoms with Crippen molar-refractivity contribution < 1.29 is 4.79 Å². The van der Waals surface area contributed by atoms with Crippen LogP contribution in [0.1, 0.15) is 18.1 Å². The molecular formula is C21H23N5OS. The van der Waals surface area contributed by atoms with E-state index in [4.69, 9.17) is 0 Å². The zero-order valence-corrected chi connectivity index (χ0v) is 17.0. The van der Waals surface area contributed by atoms with Gasteiger partial charge in [0.25, 0.3) is 0 Å². The van der Waals surface area contributed by atoms with E-state index in [1.807, 2.05) is 49.6 Å². The van der Waals surface area contributed by atoms with Gasteiger partial charge in [0.2, 0.25) is 5.91 Å². The van der Waals surface area contributed by atoms with Crippen molar-refractivity contribution in [2.24, 2.45) is 0 Å². The lowest BCUT2D eigenvalue weighted by molar-refractivity contribution is -0.115. The molecule has 28 heavy (non-hydrogen) atoms. The Morgan fingerprint density at radius 2 is 2.00 bits per heavy atom. The molecule has 1 amide bonds. The lowest BCUT2D eigenvalue weighted by Gasteiger charge is -2.14. The van der Waals surface area contributed by atoms with Crippen molar-refractivity contribution in [2.45, 2.75) is 37.7 Å². The molecule has 0 aliphatic rings. The minimum atomic E-state index is -0.334. The van der Waals surface area contributed by atoms with Crippen molar-refractivity contribution in [1.82, 2.24) is 19.7 Å². The minimum Gasteiger partial charge on any atom is -0.325 e. The summed E-state index contributed by atoms with van der Waals surface area (Å²) in [5.41, 5.74) is 3.95. The van der Waals surface area contributed by atoms with Crippen molar-refractivity contribution in [3.63, 3.8) is 0 Å². The highest BCUT2D eigenvalue weighted by Gasteiger charge is 2.21. The molecule has 0 saturated heterocycles. The predicted octanol–water partition coefficient (Wildman–Crippen LogP) is 4.26. The number of nitrogens with zero attached hydrogens (tertiary/aromatic N) is 4. The van der Waals surface area contributed by atoms with E-state index < -0.39 is 0 Å². The van der Waals surface area contributed by atoms with Crippen LogP contribution in [0.15, 0.2) is 60.5 Å². The van der Waals surface area contributed by atoms with Crippen molar-refractivity contribution >= 4 is 23.4 Å². The summed E-state index contributed by atoms with van der Waals surface area (Å²) in [4.78, 5) is 16.7. The molecule has 6 nitrogen and oxygen atoms in total. The molecule has 0 radical (unpaired) electrons. The molecule has 1 N–H and O–H groups in total. The highest BCUT2D eigenvalue weighted by atomic mass is 32.2. The second kappa shape index (κ2) is 8.84. The van der Waals surface area contributed by atoms with Gasteiger partial charge in [0.05, 0.1) is 5.25 Å². The number of nitrogens with one attached hydrogen (secondary N) is 1. The van der Waals surface area contributed by atoms with Crippen molar-refractivity contribution in [3.8, 4) is 11.4 Å². The van der Waals surface area contributed by atoms with Crippen molar-refractivity contribution in [3.05, 3.63) is 66.5 Å². The van der Waals surface area contributed by atoms with Crippen LogP contribution in [0.5, 0.6) is 0 Å². The van der Waals surface area contributed by atoms with Crippen LogP contribution in [-0.4, -0.2) is 30.9 Å². The lowest BCUT2D eigenvalue weighted by atomic mass is 10.1. The molecule has 3 rings (SSSR count). The second-order valence-corrected chi connectivity index (χ2v) is 7.82. The molecule has 0 bridgehead atoms. The van der Waals surface area contributed by atoms with E-state index in [1.54, 1.807) is 18.5 Å². The zero-order chi connectivity index (χ0) is 20.1. The fourth-order valence-corrected chi connectivity index (χ4v) is 3.64. The Morgan fingerprint density at radius 1 is 1.25 bits per heavy atom. The number of hydrogen-bond acceptors (Lipinski definition) is 5. The van der Waals surface area contributed by atoms with E-state index in [0.717, 1.165) is 22.6 Å². The molecule has 3 aromatic rings.